The van der Waals surface area contributed by atoms with Crippen molar-refractivity contribution in [3.8, 4) is 5.75 Å². The van der Waals surface area contributed by atoms with E-state index in [4.69, 9.17) is 27.7 Å². The van der Waals surface area contributed by atoms with E-state index in [0.717, 1.165) is 44.8 Å². The molecule has 12 amide bonds. The Balaban J connectivity index is 1.54. The molecule has 12 atom stereocenters. The topological polar surface area (TPSA) is 560 Å². The summed E-state index contributed by atoms with van der Waals surface area (Å²) in [7, 11) is 1.93. The van der Waals surface area contributed by atoms with Crippen LogP contribution in [0, 0.1) is 24.2 Å². The van der Waals surface area contributed by atoms with Crippen molar-refractivity contribution in [2.75, 3.05) is 32.8 Å². The van der Waals surface area contributed by atoms with Crippen molar-refractivity contribution in [1.82, 2.24) is 58.2 Å². The van der Waals surface area contributed by atoms with Crippen molar-refractivity contribution < 1.29 is 91.4 Å². The summed E-state index contributed by atoms with van der Waals surface area (Å²) < 4.78 is 2.74. The minimum absolute atomic E-state index is 0.00285. The van der Waals surface area contributed by atoms with E-state index in [2.05, 4.69) is 58.2 Å². The van der Waals surface area contributed by atoms with Crippen molar-refractivity contribution in [3.63, 3.8) is 0 Å². The standard InChI is InChI=1S/C91H129N15O19S2/c1-52-22-21-26-66-64(51-98-77(52)66)45-70-84(120)100-68(28-14-12-13-23-53(2)107)83(119)106-79(89(7,8)126-127-90(9,10)80(99-57(6)111)87(123)103-71(49-76(95)116)85(121)105-78(55(4)109)86(122)102-70)73(113)47-62(42-58-30-33-65(34-31-58)125-41-38-93)82(118)101-69(44-59-29-32-60-24-15-16-25-61(60)43-59)74(114)50-91(11,36-18-19-37-92)88(124)104-67(27-17-20-39-96-56(5)110)72(112)46-63(48-75(94)115)81(117)97-40-35-54(3)108/h15-16,21-22,24-26,29-34,43,51,55,62-63,67-71,78-80,98,109H,12-14,17-20,23,27-28,35-42,44-50,92-93H2,1-11H3,(H2,94,115)(H2,95,116)(H,96,110)(H,97,117)(H,99,111)(H,100,120)(H,101,118)(H,102,122)(H,103,123)(H,104,124)(H,105,121)(H,106,119)/t55-,62-,63+,67+,68+,69+,70+,71+,78+,79-,80-,91-/m1/s1. The number of hydrogen-bond acceptors (Lipinski definition) is 23. The number of aliphatic hydroxyl groups is 1. The van der Waals surface area contributed by atoms with Gasteiger partial charge in [0.15, 0.2) is 17.3 Å². The number of unbranched alkanes of at least 4 members (excludes halogenated alkanes) is 4. The van der Waals surface area contributed by atoms with E-state index in [0.29, 0.717) is 59.0 Å². The maximum absolute atomic E-state index is 16.5. The number of aromatic nitrogens is 1. The maximum Gasteiger partial charge on any atom is 0.245 e. The van der Waals surface area contributed by atoms with Crippen molar-refractivity contribution in [2.45, 2.75) is 269 Å². The highest BCUT2D eigenvalue weighted by atomic mass is 33.1. The number of ether oxygens (including phenoxy) is 1. The second kappa shape index (κ2) is 50.6. The molecule has 0 spiro atoms. The van der Waals surface area contributed by atoms with Gasteiger partial charge >= 0.3 is 0 Å². The highest BCUT2D eigenvalue weighted by molar-refractivity contribution is 8.77. The zero-order valence-electron chi connectivity index (χ0n) is 74.6. The summed E-state index contributed by atoms with van der Waals surface area (Å²) in [6.45, 7) is 16.7. The van der Waals surface area contributed by atoms with Crippen LogP contribution in [0.15, 0.2) is 91.1 Å². The molecule has 0 unspecified atom stereocenters. The number of amides is 12. The van der Waals surface area contributed by atoms with Gasteiger partial charge in [-0.1, -0.05) is 121 Å². The number of para-hydroxylation sites is 1. The molecular weight excluding hydrogens is 1670 g/mol. The Labute approximate surface area is 749 Å². The Morgan fingerprint density at radius 1 is 0.583 bits per heavy atom. The Morgan fingerprint density at radius 3 is 1.88 bits per heavy atom. The Bertz CT molecular complexity index is 4730. The number of nitrogens with one attached hydrogen (secondary N) is 11. The van der Waals surface area contributed by atoms with Gasteiger partial charge in [0, 0.05) is 111 Å². The molecule has 36 heteroatoms. The predicted molar refractivity (Wildman–Crippen MR) is 484 cm³/mol. The molecule has 0 saturated carbocycles. The molecule has 0 bridgehead atoms. The van der Waals surface area contributed by atoms with Gasteiger partial charge in [-0.3, -0.25) is 76.7 Å². The highest BCUT2D eigenvalue weighted by Crippen LogP contribution is 2.47. The molecular formula is C91H129N15O19S2. The summed E-state index contributed by atoms with van der Waals surface area (Å²) in [6, 6.07) is 11.8. The lowest BCUT2D eigenvalue weighted by molar-refractivity contribution is -0.139. The molecule has 20 N–H and O–H groups in total. The SMILES string of the molecule is CC(=O)CCCCC[C@@H]1NC(=O)[C@H](Cc2c[nH]c3c(C)cccc23)NC(=O)[C@H]([C@@H](C)O)NC(=O)[C@H](CC(N)=O)NC(=O)[C@@H](NC(C)=O)C(C)(C)SSC(C)(C)[C@@H](C(=O)C[C@@H](Cc2ccc(OCCN)cc2)C(=O)N[C@@H](Cc2ccc3ccccc3c2)C(=O)C[C@@](C)(CCCCN)C(=O)N[C@@H](CCCCNC(C)=O)C(=O)C[C@@H](CC(N)=O)C(=O)NCCC(C)=O)NC1=O. The van der Waals surface area contributed by atoms with Crippen molar-refractivity contribution in [3.05, 3.63) is 113 Å². The lowest BCUT2D eigenvalue weighted by atomic mass is 9.77. The van der Waals surface area contributed by atoms with Crippen molar-refractivity contribution in [1.29, 1.82) is 0 Å². The molecule has 1 saturated heterocycles. The van der Waals surface area contributed by atoms with Crippen molar-refractivity contribution in [2.24, 2.45) is 40.2 Å². The molecule has 1 fully saturated rings. The molecule has 1 aliphatic heterocycles. The van der Waals surface area contributed by atoms with Crippen LogP contribution in [0.5, 0.6) is 5.75 Å². The van der Waals surface area contributed by atoms with Gasteiger partial charge in [0.2, 0.25) is 70.9 Å². The number of H-pyrrole nitrogens is 1. The molecule has 4 aromatic carbocycles. The fourth-order valence-corrected chi connectivity index (χ4v) is 17.9. The van der Waals surface area contributed by atoms with E-state index in [1.54, 1.807) is 76.4 Å². The molecule has 0 aliphatic carbocycles. The second-order valence-electron chi connectivity index (χ2n) is 34.4. The summed E-state index contributed by atoms with van der Waals surface area (Å²) in [5.41, 5.74) is 24.5. The van der Waals surface area contributed by atoms with E-state index in [1.807, 2.05) is 49.4 Å². The fraction of sp³-hybridized carbons (Fsp3) is 0.549. The quantitative estimate of drug-likeness (QED) is 0.0192. The largest absolute Gasteiger partial charge is 0.492 e. The molecule has 127 heavy (non-hydrogen) atoms. The Hall–Kier alpha value is -10.9. The van der Waals surface area contributed by atoms with E-state index >= 15 is 28.8 Å². The van der Waals surface area contributed by atoms with Crippen LogP contribution in [0.3, 0.4) is 0 Å². The van der Waals surface area contributed by atoms with Gasteiger partial charge in [-0.2, -0.15) is 0 Å². The average molecular weight is 1800 g/mol. The number of carbonyl (C=O) groups is 17. The monoisotopic (exact) mass is 1800 g/mol. The minimum Gasteiger partial charge on any atom is -0.492 e. The number of benzene rings is 4. The molecule has 1 aromatic heterocycles. The summed E-state index contributed by atoms with van der Waals surface area (Å²) in [4.78, 5) is 246. The van der Waals surface area contributed by atoms with Crippen LogP contribution in [0.2, 0.25) is 0 Å². The predicted octanol–water partition coefficient (Wildman–Crippen LogP) is 4.16. The third kappa shape index (κ3) is 34.0. The normalized spacial score (nSPS) is 19.3. The maximum atomic E-state index is 16.5. The summed E-state index contributed by atoms with van der Waals surface area (Å²) in [5.74, 6) is -15.5. The van der Waals surface area contributed by atoms with Crippen LogP contribution in [0.4, 0.5) is 0 Å². The highest BCUT2D eigenvalue weighted by Gasteiger charge is 2.47. The van der Waals surface area contributed by atoms with Gasteiger partial charge in [0.1, 0.15) is 60.2 Å². The van der Waals surface area contributed by atoms with Crippen molar-refractivity contribution >= 4 is 143 Å². The van der Waals surface area contributed by atoms with Crippen LogP contribution in [-0.4, -0.2) is 207 Å². The summed E-state index contributed by atoms with van der Waals surface area (Å²) in [6.07, 6.45) is -1.97. The average Bonchev–Trinajstić information content (AvgIpc) is 1.27. The van der Waals surface area contributed by atoms with Crippen LogP contribution >= 0.6 is 21.6 Å². The van der Waals surface area contributed by atoms with Crippen LogP contribution in [0.25, 0.3) is 21.7 Å². The van der Waals surface area contributed by atoms with Gasteiger partial charge in [-0.15, -0.1) is 0 Å². The Morgan fingerprint density at radius 2 is 1.24 bits per heavy atom. The smallest absolute Gasteiger partial charge is 0.245 e. The molecule has 34 nitrogen and oxygen atoms in total. The number of carbonyl (C=O) groups excluding carboxylic acids is 17. The number of Topliss-reactive ketones (excluding diaryl/α,β-unsaturated/α-hetero) is 5. The van der Waals surface area contributed by atoms with E-state index in [-0.39, 0.29) is 121 Å². The lowest BCUT2D eigenvalue weighted by Crippen LogP contribution is -2.63. The third-order valence-electron chi connectivity index (χ3n) is 22.3. The number of primary amides is 2. The molecule has 5 aromatic rings. The van der Waals surface area contributed by atoms with Gasteiger partial charge in [0.25, 0.3) is 0 Å². The number of aryl methyl sites for hydroxylation is 1. The third-order valence-corrected chi connectivity index (χ3v) is 26.5. The number of nitrogens with two attached hydrogens (primary N) is 4. The lowest BCUT2D eigenvalue weighted by Gasteiger charge is -2.39. The number of aromatic amines is 1. The molecule has 0 radical (unpaired) electrons. The van der Waals surface area contributed by atoms with Crippen LogP contribution < -0.4 is 80.8 Å². The summed E-state index contributed by atoms with van der Waals surface area (Å²) >= 11 is 0. The van der Waals surface area contributed by atoms with Gasteiger partial charge in [-0.25, -0.2) is 0 Å². The zero-order chi connectivity index (χ0) is 94.0. The fourth-order valence-electron chi connectivity index (χ4n) is 15.1. The van der Waals surface area contributed by atoms with Gasteiger partial charge < -0.3 is 95.7 Å². The minimum atomic E-state index is -1.90. The first-order valence-corrected chi connectivity index (χ1v) is 45.4. The van der Waals surface area contributed by atoms with E-state index in [9.17, 15) is 57.8 Å². The number of fused-ring (bicyclic) bond motifs is 2. The number of ketones is 5. The number of hydrogen-bond donors (Lipinski definition) is 16. The molecule has 2 heterocycles. The van der Waals surface area contributed by atoms with Gasteiger partial charge in [0.05, 0.1) is 35.9 Å². The second-order valence-corrected chi connectivity index (χ2v) is 37.8. The van der Waals surface area contributed by atoms with E-state index < -0.39 is 196 Å². The van der Waals surface area contributed by atoms with Gasteiger partial charge in [-0.05, 0) is 165 Å². The number of rotatable bonds is 47. The van der Waals surface area contributed by atoms with Crippen LogP contribution in [0.1, 0.15) is 201 Å². The van der Waals surface area contributed by atoms with E-state index in [1.165, 1.54) is 34.6 Å². The first kappa shape index (κ1) is 105. The first-order valence-electron chi connectivity index (χ1n) is 43.2. The molecule has 6 rings (SSSR count). The van der Waals surface area contributed by atoms with Crippen LogP contribution in [-0.2, 0) is 101 Å². The first-order chi connectivity index (χ1) is 59.9. The molecule has 694 valence electrons. The Kier molecular flexibility index (Phi) is 41.7. The zero-order valence-corrected chi connectivity index (χ0v) is 76.2. The molecule has 1 aliphatic rings. The number of aliphatic hydroxyl groups excluding tert-OH is 1. The summed E-state index contributed by atoms with van der Waals surface area (Å²) in [5, 5.41) is 40.7.